The maximum atomic E-state index is 4.58. The highest BCUT2D eigenvalue weighted by molar-refractivity contribution is 6.05. The van der Waals surface area contributed by atoms with Gasteiger partial charge >= 0.3 is 0 Å². The minimum Gasteiger partial charge on any atom is -0.264 e. The first-order chi connectivity index (χ1) is 23.8. The van der Waals surface area contributed by atoms with Crippen molar-refractivity contribution in [2.75, 3.05) is 0 Å². The maximum Gasteiger partial charge on any atom is 0.0709 e. The van der Waals surface area contributed by atoms with E-state index in [4.69, 9.17) is 0 Å². The molecular formula is C44H32N4. The second-order valence-electron chi connectivity index (χ2n) is 11.2. The summed E-state index contributed by atoms with van der Waals surface area (Å²) in [6, 6.07) is 57.4. The van der Waals surface area contributed by atoms with Gasteiger partial charge in [0.15, 0.2) is 0 Å². The Morgan fingerprint density at radius 2 is 0.812 bits per heavy atom. The third-order valence-corrected chi connectivity index (χ3v) is 7.99. The second-order valence-corrected chi connectivity index (χ2v) is 11.2. The molecule has 4 aromatic heterocycles. The van der Waals surface area contributed by atoms with E-state index in [2.05, 4.69) is 92.7 Å². The predicted octanol–water partition coefficient (Wildman–Crippen LogP) is 11.2. The fourth-order valence-corrected chi connectivity index (χ4v) is 5.57. The third kappa shape index (κ3) is 7.14. The average molecular weight is 617 g/mol. The normalized spacial score (nSPS) is 10.5. The summed E-state index contributed by atoms with van der Waals surface area (Å²) in [6.07, 6.45) is 7.41. The first kappa shape index (κ1) is 30.2. The van der Waals surface area contributed by atoms with Crippen molar-refractivity contribution >= 4 is 65.2 Å². The molecule has 4 heteroatoms. The van der Waals surface area contributed by atoms with Crippen molar-refractivity contribution in [1.82, 2.24) is 19.9 Å². The molecule has 0 aliphatic heterocycles. The molecular weight excluding hydrogens is 585 g/mol. The van der Waals surface area contributed by atoms with Crippen molar-refractivity contribution in [2.24, 2.45) is 0 Å². The molecule has 0 spiro atoms. The van der Waals surface area contributed by atoms with Gasteiger partial charge in [-0.2, -0.15) is 0 Å². The highest BCUT2D eigenvalue weighted by atomic mass is 14.7. The van der Waals surface area contributed by atoms with Crippen LogP contribution in [-0.4, -0.2) is 19.9 Å². The Bertz CT molecular complexity index is 2220. The lowest BCUT2D eigenvalue weighted by Gasteiger charge is -2.01. The first-order valence-electron chi connectivity index (χ1n) is 15.9. The standard InChI is InChI=1S/2C13H9N.2C9H7N/c1-3-7-12-10(5-1)9-11-6-2-4-8-13(11)14-12;1-2-6-11-10(5-1)9-14-13-8-4-3-7-12(11)13;1-2-6-9-8(4-1)5-3-7-10-9;1-2-4-9-7-10-6-5-8(9)3-1/h2*1-9H;2*1-7H. The predicted molar refractivity (Wildman–Crippen MR) is 202 cm³/mol. The van der Waals surface area contributed by atoms with Gasteiger partial charge in [0, 0.05) is 51.7 Å². The molecule has 4 heterocycles. The van der Waals surface area contributed by atoms with Gasteiger partial charge in [0.25, 0.3) is 0 Å². The molecule has 0 atom stereocenters. The summed E-state index contributed by atoms with van der Waals surface area (Å²) >= 11 is 0. The lowest BCUT2D eigenvalue weighted by Crippen LogP contribution is -1.80. The van der Waals surface area contributed by atoms with Crippen molar-refractivity contribution in [2.45, 2.75) is 0 Å². The Kier molecular flexibility index (Phi) is 9.24. The maximum absolute atomic E-state index is 4.58. The highest BCUT2D eigenvalue weighted by Crippen LogP contribution is 2.22. The summed E-state index contributed by atoms with van der Waals surface area (Å²) in [4.78, 5) is 17.2. The van der Waals surface area contributed by atoms with Crippen molar-refractivity contribution in [1.29, 1.82) is 0 Å². The molecule has 0 aliphatic rings. The first-order valence-corrected chi connectivity index (χ1v) is 15.9. The van der Waals surface area contributed by atoms with E-state index >= 15 is 0 Å². The van der Waals surface area contributed by atoms with Gasteiger partial charge in [-0.1, -0.05) is 127 Å². The Morgan fingerprint density at radius 1 is 0.292 bits per heavy atom. The fourth-order valence-electron chi connectivity index (χ4n) is 5.57. The van der Waals surface area contributed by atoms with Crippen LogP contribution in [0.4, 0.5) is 0 Å². The Balaban J connectivity index is 0.000000103. The Labute approximate surface area is 279 Å². The SMILES string of the molecule is c1ccc2c(c1)cnc1ccccc12.c1ccc2cnccc2c1.c1ccc2nc3ccccc3cc2c1.c1ccc2ncccc2c1. The van der Waals surface area contributed by atoms with E-state index in [0.717, 1.165) is 22.1 Å². The van der Waals surface area contributed by atoms with Crippen LogP contribution in [0.15, 0.2) is 195 Å². The third-order valence-electron chi connectivity index (χ3n) is 7.99. The molecule has 228 valence electrons. The van der Waals surface area contributed by atoms with Gasteiger partial charge in [-0.3, -0.25) is 15.0 Å². The summed E-state index contributed by atoms with van der Waals surface area (Å²) in [7, 11) is 0. The van der Waals surface area contributed by atoms with Gasteiger partial charge in [-0.05, 0) is 58.6 Å². The summed E-state index contributed by atoms with van der Waals surface area (Å²) in [5, 5.41) is 9.75. The average Bonchev–Trinajstić information content (AvgIpc) is 3.18. The molecule has 0 unspecified atom stereocenters. The number of benzene rings is 6. The summed E-state index contributed by atoms with van der Waals surface area (Å²) < 4.78 is 0. The van der Waals surface area contributed by atoms with E-state index < -0.39 is 0 Å². The van der Waals surface area contributed by atoms with Crippen LogP contribution in [0.25, 0.3) is 65.2 Å². The molecule has 0 saturated heterocycles. The molecule has 4 nitrogen and oxygen atoms in total. The van der Waals surface area contributed by atoms with E-state index in [1.165, 1.54) is 43.1 Å². The minimum absolute atomic E-state index is 1.06. The van der Waals surface area contributed by atoms with E-state index in [1.54, 1.807) is 0 Å². The van der Waals surface area contributed by atoms with E-state index in [-0.39, 0.29) is 0 Å². The van der Waals surface area contributed by atoms with E-state index in [0.29, 0.717) is 0 Å². The lowest BCUT2D eigenvalue weighted by molar-refractivity contribution is 1.36. The van der Waals surface area contributed by atoms with Crippen molar-refractivity contribution < 1.29 is 0 Å². The van der Waals surface area contributed by atoms with Crippen LogP contribution in [0.3, 0.4) is 0 Å². The molecule has 0 amide bonds. The molecule has 0 N–H and O–H groups in total. The lowest BCUT2D eigenvalue weighted by atomic mass is 10.1. The van der Waals surface area contributed by atoms with Gasteiger partial charge in [-0.15, -0.1) is 0 Å². The monoisotopic (exact) mass is 616 g/mol. The van der Waals surface area contributed by atoms with Crippen molar-refractivity contribution in [3.05, 3.63) is 195 Å². The van der Waals surface area contributed by atoms with E-state index in [1.807, 2.05) is 122 Å². The zero-order valence-corrected chi connectivity index (χ0v) is 26.3. The van der Waals surface area contributed by atoms with Gasteiger partial charge in [0.05, 0.1) is 22.1 Å². The van der Waals surface area contributed by atoms with Crippen LogP contribution < -0.4 is 0 Å². The Morgan fingerprint density at radius 3 is 1.50 bits per heavy atom. The number of rotatable bonds is 0. The van der Waals surface area contributed by atoms with Crippen LogP contribution in [0, 0.1) is 0 Å². The van der Waals surface area contributed by atoms with Gasteiger partial charge in [-0.25, -0.2) is 4.98 Å². The number of pyridine rings is 4. The van der Waals surface area contributed by atoms with Crippen molar-refractivity contribution in [3.8, 4) is 0 Å². The van der Waals surface area contributed by atoms with Gasteiger partial charge in [0.1, 0.15) is 0 Å². The molecule has 10 rings (SSSR count). The fraction of sp³-hybridized carbons (Fsp3) is 0. The topological polar surface area (TPSA) is 51.6 Å². The zero-order valence-electron chi connectivity index (χ0n) is 26.3. The molecule has 10 aromatic rings. The molecule has 0 fully saturated rings. The molecule has 0 aliphatic carbocycles. The number of nitrogens with zero attached hydrogens (tertiary/aromatic N) is 4. The highest BCUT2D eigenvalue weighted by Gasteiger charge is 1.99. The van der Waals surface area contributed by atoms with Gasteiger partial charge < -0.3 is 0 Å². The number of para-hydroxylation sites is 4. The number of aromatic nitrogens is 4. The molecule has 0 bridgehead atoms. The second kappa shape index (κ2) is 14.7. The Hall–Kier alpha value is -6.52. The number of hydrogen-bond donors (Lipinski definition) is 0. The van der Waals surface area contributed by atoms with Gasteiger partial charge in [0.2, 0.25) is 0 Å². The molecule has 48 heavy (non-hydrogen) atoms. The van der Waals surface area contributed by atoms with Crippen LogP contribution in [0.2, 0.25) is 0 Å². The summed E-state index contributed by atoms with van der Waals surface area (Å²) in [5.41, 5.74) is 4.24. The molecule has 0 radical (unpaired) electrons. The van der Waals surface area contributed by atoms with Crippen LogP contribution in [0.5, 0.6) is 0 Å². The molecule has 0 saturated carbocycles. The number of fused-ring (bicyclic) bond motifs is 7. The number of hydrogen-bond acceptors (Lipinski definition) is 4. The van der Waals surface area contributed by atoms with Crippen molar-refractivity contribution in [3.63, 3.8) is 0 Å². The minimum atomic E-state index is 1.06. The summed E-state index contributed by atoms with van der Waals surface area (Å²) in [5.74, 6) is 0. The zero-order chi connectivity index (χ0) is 32.4. The summed E-state index contributed by atoms with van der Waals surface area (Å²) in [6.45, 7) is 0. The van der Waals surface area contributed by atoms with Crippen LogP contribution in [-0.2, 0) is 0 Å². The smallest absolute Gasteiger partial charge is 0.0709 e. The van der Waals surface area contributed by atoms with Crippen LogP contribution >= 0.6 is 0 Å². The largest absolute Gasteiger partial charge is 0.264 e. The van der Waals surface area contributed by atoms with Crippen LogP contribution in [0.1, 0.15) is 0 Å². The quantitative estimate of drug-likeness (QED) is 0.126. The molecule has 6 aromatic carbocycles. The van der Waals surface area contributed by atoms with E-state index in [9.17, 15) is 0 Å².